The Kier molecular flexibility index (Phi) is 6.40. The number of ether oxygens (including phenoxy) is 3. The van der Waals surface area contributed by atoms with Gasteiger partial charge in [0.25, 0.3) is 0 Å². The van der Waals surface area contributed by atoms with Gasteiger partial charge in [0.15, 0.2) is 11.5 Å². The molecule has 0 spiro atoms. The van der Waals surface area contributed by atoms with Gasteiger partial charge in [-0.1, -0.05) is 66.2 Å². The Morgan fingerprint density at radius 1 is 0.750 bits per heavy atom. The van der Waals surface area contributed by atoms with Crippen molar-refractivity contribution >= 4 is 5.57 Å². The molecule has 5 rings (SSSR count). The minimum absolute atomic E-state index is 0.591. The number of nitrogens with zero attached hydrogens (tertiary/aromatic N) is 1. The molecular weight excluding hydrogens is 398 g/mol. The molecule has 4 heteroatoms. The Hall–Kier alpha value is -3.24. The number of benzene rings is 3. The molecule has 1 saturated heterocycles. The molecule has 1 fully saturated rings. The Morgan fingerprint density at radius 3 is 2.03 bits per heavy atom. The van der Waals surface area contributed by atoms with E-state index in [2.05, 4.69) is 65.6 Å². The Balaban J connectivity index is 1.21. The summed E-state index contributed by atoms with van der Waals surface area (Å²) in [7, 11) is 0. The van der Waals surface area contributed by atoms with Gasteiger partial charge in [0.05, 0.1) is 0 Å². The molecule has 2 aliphatic rings. The van der Waals surface area contributed by atoms with E-state index in [9.17, 15) is 0 Å². The van der Waals surface area contributed by atoms with Crippen molar-refractivity contribution in [2.24, 2.45) is 0 Å². The molecular formula is C28H29NO3. The quantitative estimate of drug-likeness (QED) is 0.525. The molecule has 0 bridgehead atoms. The molecule has 0 aromatic heterocycles. The van der Waals surface area contributed by atoms with Gasteiger partial charge in [-0.15, -0.1) is 0 Å². The summed E-state index contributed by atoms with van der Waals surface area (Å²) in [6.45, 7) is 4.91. The van der Waals surface area contributed by atoms with Crippen molar-refractivity contribution in [3.8, 4) is 17.2 Å². The van der Waals surface area contributed by atoms with Crippen LogP contribution >= 0.6 is 0 Å². The summed E-state index contributed by atoms with van der Waals surface area (Å²) in [5.41, 5.74) is 5.57. The van der Waals surface area contributed by atoms with E-state index in [4.69, 9.17) is 14.2 Å². The van der Waals surface area contributed by atoms with Gasteiger partial charge >= 0.3 is 0 Å². The van der Waals surface area contributed by atoms with Crippen molar-refractivity contribution in [3.63, 3.8) is 0 Å². The third-order valence-corrected chi connectivity index (χ3v) is 6.13. The Morgan fingerprint density at radius 2 is 1.38 bits per heavy atom. The lowest BCUT2D eigenvalue weighted by atomic mass is 9.88. The Bertz CT molecular complexity index is 1010. The molecule has 3 aromatic carbocycles. The highest BCUT2D eigenvalue weighted by Gasteiger charge is 2.19. The molecule has 0 amide bonds. The van der Waals surface area contributed by atoms with E-state index in [0.29, 0.717) is 19.8 Å². The van der Waals surface area contributed by atoms with Crippen molar-refractivity contribution in [2.45, 2.75) is 12.8 Å². The first kappa shape index (κ1) is 20.7. The molecule has 0 atom stereocenters. The minimum atomic E-state index is 0.591. The first-order chi connectivity index (χ1) is 15.9. The molecule has 0 radical (unpaired) electrons. The summed E-state index contributed by atoms with van der Waals surface area (Å²) in [5.74, 6) is 2.41. The first-order valence-corrected chi connectivity index (χ1v) is 11.4. The number of fused-ring (bicyclic) bond motifs is 1. The molecule has 4 nitrogen and oxygen atoms in total. The van der Waals surface area contributed by atoms with Gasteiger partial charge in [-0.05, 0) is 41.7 Å². The van der Waals surface area contributed by atoms with Crippen LogP contribution in [0.1, 0.15) is 24.0 Å². The maximum Gasteiger partial charge on any atom is 0.165 e. The highest BCUT2D eigenvalue weighted by molar-refractivity contribution is 5.82. The average molecular weight is 428 g/mol. The lowest BCUT2D eigenvalue weighted by Crippen LogP contribution is -2.34. The summed E-state index contributed by atoms with van der Waals surface area (Å²) < 4.78 is 17.2. The van der Waals surface area contributed by atoms with Crippen molar-refractivity contribution in [1.82, 2.24) is 4.90 Å². The normalized spacial score (nSPS) is 15.9. The lowest BCUT2D eigenvalue weighted by molar-refractivity contribution is 0.169. The maximum absolute atomic E-state index is 6.00. The van der Waals surface area contributed by atoms with Crippen LogP contribution in [0.3, 0.4) is 0 Å². The van der Waals surface area contributed by atoms with Crippen molar-refractivity contribution in [3.05, 3.63) is 95.6 Å². The topological polar surface area (TPSA) is 30.9 Å². The summed E-state index contributed by atoms with van der Waals surface area (Å²) in [5, 5.41) is 0. The minimum Gasteiger partial charge on any atom is -0.492 e. The summed E-state index contributed by atoms with van der Waals surface area (Å²) in [6.07, 6.45) is 2.17. The third kappa shape index (κ3) is 4.81. The van der Waals surface area contributed by atoms with Gasteiger partial charge in [-0.25, -0.2) is 0 Å². The van der Waals surface area contributed by atoms with Gasteiger partial charge in [0, 0.05) is 25.7 Å². The molecule has 3 aromatic rings. The van der Waals surface area contributed by atoms with E-state index in [0.717, 1.165) is 49.7 Å². The maximum atomic E-state index is 6.00. The zero-order chi connectivity index (χ0) is 21.6. The lowest BCUT2D eigenvalue weighted by Gasteiger charge is -2.30. The van der Waals surface area contributed by atoms with Crippen molar-refractivity contribution < 1.29 is 14.2 Å². The fourth-order valence-corrected chi connectivity index (χ4v) is 4.49. The number of hydrogen-bond acceptors (Lipinski definition) is 4. The predicted octanol–water partition coefficient (Wildman–Crippen LogP) is 5.43. The van der Waals surface area contributed by atoms with Crippen LogP contribution in [0.5, 0.6) is 17.2 Å². The summed E-state index contributed by atoms with van der Waals surface area (Å²) >= 11 is 0. The highest BCUT2D eigenvalue weighted by atomic mass is 16.6. The molecule has 0 unspecified atom stereocenters. The second-order valence-corrected chi connectivity index (χ2v) is 8.21. The van der Waals surface area contributed by atoms with Crippen molar-refractivity contribution in [1.29, 1.82) is 0 Å². The molecule has 0 aliphatic carbocycles. The zero-order valence-corrected chi connectivity index (χ0v) is 18.3. The van der Waals surface area contributed by atoms with E-state index in [-0.39, 0.29) is 0 Å². The summed E-state index contributed by atoms with van der Waals surface area (Å²) in [4.78, 5) is 2.50. The SMILES string of the molecule is c1ccc(C(=C2CCN(CCOc3ccc4c(c3)OCCO4)CC2)c2ccccc2)cc1. The molecule has 0 saturated carbocycles. The molecule has 0 N–H and O–H groups in total. The fourth-order valence-electron chi connectivity index (χ4n) is 4.49. The van der Waals surface area contributed by atoms with Crippen LogP contribution in [-0.4, -0.2) is 44.4 Å². The number of rotatable bonds is 6. The van der Waals surface area contributed by atoms with Crippen LogP contribution in [0.25, 0.3) is 5.57 Å². The molecule has 32 heavy (non-hydrogen) atoms. The van der Waals surface area contributed by atoms with Crippen LogP contribution in [0.2, 0.25) is 0 Å². The van der Waals surface area contributed by atoms with Gasteiger partial charge < -0.3 is 14.2 Å². The second-order valence-electron chi connectivity index (χ2n) is 8.21. The standard InChI is InChI=1S/C28H29NO3/c1-3-7-22(8-4-1)28(23-9-5-2-6-10-23)24-13-15-29(16-14-24)17-18-30-25-11-12-26-27(21-25)32-20-19-31-26/h1-12,21H,13-20H2. The zero-order valence-electron chi connectivity index (χ0n) is 18.3. The molecule has 2 aliphatic heterocycles. The van der Waals surface area contributed by atoms with E-state index in [1.165, 1.54) is 16.7 Å². The monoisotopic (exact) mass is 427 g/mol. The highest BCUT2D eigenvalue weighted by Crippen LogP contribution is 2.34. The van der Waals surface area contributed by atoms with Crippen LogP contribution in [0.4, 0.5) is 0 Å². The first-order valence-electron chi connectivity index (χ1n) is 11.4. The van der Waals surface area contributed by atoms with E-state index < -0.39 is 0 Å². The van der Waals surface area contributed by atoms with Crippen LogP contribution in [0.15, 0.2) is 84.4 Å². The summed E-state index contributed by atoms with van der Waals surface area (Å²) in [6, 6.07) is 27.4. The second kappa shape index (κ2) is 9.92. The van der Waals surface area contributed by atoms with E-state index in [1.807, 2.05) is 18.2 Å². The predicted molar refractivity (Wildman–Crippen MR) is 128 cm³/mol. The van der Waals surface area contributed by atoms with Crippen molar-refractivity contribution in [2.75, 3.05) is 39.5 Å². The molecule has 2 heterocycles. The third-order valence-electron chi connectivity index (χ3n) is 6.13. The van der Waals surface area contributed by atoms with Crippen LogP contribution < -0.4 is 14.2 Å². The smallest absolute Gasteiger partial charge is 0.165 e. The van der Waals surface area contributed by atoms with Gasteiger partial charge in [-0.3, -0.25) is 4.90 Å². The van der Waals surface area contributed by atoms with Gasteiger partial charge in [-0.2, -0.15) is 0 Å². The fraction of sp³-hybridized carbons (Fsp3) is 0.286. The van der Waals surface area contributed by atoms with Gasteiger partial charge in [0.1, 0.15) is 25.6 Å². The van der Waals surface area contributed by atoms with E-state index in [1.54, 1.807) is 5.57 Å². The van der Waals surface area contributed by atoms with E-state index >= 15 is 0 Å². The average Bonchev–Trinajstić information content (AvgIpc) is 2.86. The largest absolute Gasteiger partial charge is 0.492 e. The number of hydrogen-bond donors (Lipinski definition) is 0. The van der Waals surface area contributed by atoms with Gasteiger partial charge in [0.2, 0.25) is 0 Å². The van der Waals surface area contributed by atoms with Crippen LogP contribution in [0, 0.1) is 0 Å². The Labute approximate surface area is 190 Å². The number of likely N-dealkylation sites (tertiary alicyclic amines) is 1. The molecule has 164 valence electrons. The number of piperidine rings is 1. The van der Waals surface area contributed by atoms with Crippen LogP contribution in [-0.2, 0) is 0 Å².